The standard InChI is InChI=1S/C18H40N4O3Si/c1-5-19-8-10-21(11-9-19)16-17-22-14-12-20(13-15-22)7-6-18-26(23-2,24-3)25-4/h5-18H2,1-4H3. The maximum atomic E-state index is 5.51. The largest absolute Gasteiger partial charge is 0.500 e. The molecule has 0 N–H and O–H groups in total. The summed E-state index contributed by atoms with van der Waals surface area (Å²) in [5.41, 5.74) is 0. The maximum Gasteiger partial charge on any atom is 0.500 e. The van der Waals surface area contributed by atoms with E-state index in [-0.39, 0.29) is 0 Å². The Kier molecular flexibility index (Phi) is 10.0. The van der Waals surface area contributed by atoms with Gasteiger partial charge >= 0.3 is 8.80 Å². The van der Waals surface area contributed by atoms with Crippen molar-refractivity contribution in [2.75, 3.05) is 99.9 Å². The first-order valence-electron chi connectivity index (χ1n) is 10.2. The molecule has 0 bridgehead atoms. The molecular weight excluding hydrogens is 348 g/mol. The normalized spacial score (nSPS) is 22.2. The number of hydrogen-bond donors (Lipinski definition) is 0. The fraction of sp³-hybridized carbons (Fsp3) is 1.00. The van der Waals surface area contributed by atoms with E-state index in [1.165, 1.54) is 72.0 Å². The van der Waals surface area contributed by atoms with E-state index >= 15 is 0 Å². The van der Waals surface area contributed by atoms with Crippen LogP contribution in [0.5, 0.6) is 0 Å². The van der Waals surface area contributed by atoms with Gasteiger partial charge in [0.25, 0.3) is 0 Å². The van der Waals surface area contributed by atoms with E-state index in [9.17, 15) is 0 Å². The van der Waals surface area contributed by atoms with Crippen molar-refractivity contribution in [1.82, 2.24) is 19.6 Å². The topological polar surface area (TPSA) is 40.7 Å². The molecule has 0 aliphatic carbocycles. The lowest BCUT2D eigenvalue weighted by atomic mass is 10.2. The summed E-state index contributed by atoms with van der Waals surface area (Å²) in [5.74, 6) is 0. The number of hydrogen-bond acceptors (Lipinski definition) is 7. The Morgan fingerprint density at radius 1 is 0.615 bits per heavy atom. The lowest BCUT2D eigenvalue weighted by Crippen LogP contribution is -2.51. The Hall–Kier alpha value is -0.0631. The van der Waals surface area contributed by atoms with Crippen molar-refractivity contribution < 1.29 is 13.3 Å². The minimum absolute atomic E-state index is 0.889. The van der Waals surface area contributed by atoms with Gasteiger partial charge in [-0.3, -0.25) is 9.80 Å². The van der Waals surface area contributed by atoms with Crippen LogP contribution in [0.3, 0.4) is 0 Å². The molecule has 0 saturated carbocycles. The third-order valence-electron chi connectivity index (χ3n) is 6.00. The van der Waals surface area contributed by atoms with Crippen molar-refractivity contribution in [2.45, 2.75) is 19.4 Å². The van der Waals surface area contributed by atoms with Crippen molar-refractivity contribution >= 4 is 8.80 Å². The quantitative estimate of drug-likeness (QED) is 0.478. The first-order chi connectivity index (χ1) is 12.6. The zero-order valence-corrected chi connectivity index (χ0v) is 18.4. The Bertz CT molecular complexity index is 363. The highest BCUT2D eigenvalue weighted by Gasteiger charge is 2.37. The molecule has 0 spiro atoms. The van der Waals surface area contributed by atoms with Gasteiger partial charge in [0.2, 0.25) is 0 Å². The summed E-state index contributed by atoms with van der Waals surface area (Å²) < 4.78 is 16.5. The molecule has 154 valence electrons. The molecule has 0 unspecified atom stereocenters. The molecule has 2 saturated heterocycles. The van der Waals surface area contributed by atoms with E-state index < -0.39 is 8.80 Å². The van der Waals surface area contributed by atoms with Crippen molar-refractivity contribution in [3.8, 4) is 0 Å². The lowest BCUT2D eigenvalue weighted by molar-refractivity contribution is 0.0940. The van der Waals surface area contributed by atoms with E-state index in [0.29, 0.717) is 0 Å². The summed E-state index contributed by atoms with van der Waals surface area (Å²) in [4.78, 5) is 10.4. The predicted molar refractivity (Wildman–Crippen MR) is 108 cm³/mol. The summed E-state index contributed by atoms with van der Waals surface area (Å²) >= 11 is 0. The lowest BCUT2D eigenvalue weighted by Gasteiger charge is -2.38. The summed E-state index contributed by atoms with van der Waals surface area (Å²) in [6.07, 6.45) is 1.07. The third-order valence-corrected chi connectivity index (χ3v) is 8.83. The van der Waals surface area contributed by atoms with Crippen molar-refractivity contribution in [3.05, 3.63) is 0 Å². The van der Waals surface area contributed by atoms with Crippen LogP contribution in [-0.4, -0.2) is 128 Å². The maximum absolute atomic E-state index is 5.51. The highest BCUT2D eigenvalue weighted by atomic mass is 28.4. The molecule has 0 aromatic rings. The molecule has 2 heterocycles. The molecule has 2 aliphatic rings. The molecule has 0 radical (unpaired) electrons. The third kappa shape index (κ3) is 6.83. The van der Waals surface area contributed by atoms with Crippen LogP contribution in [-0.2, 0) is 13.3 Å². The summed E-state index contributed by atoms with van der Waals surface area (Å²) in [6, 6.07) is 0.889. The molecule has 26 heavy (non-hydrogen) atoms. The summed E-state index contributed by atoms with van der Waals surface area (Å²) in [5, 5.41) is 0. The molecule has 2 rings (SSSR count). The Balaban J connectivity index is 1.56. The van der Waals surface area contributed by atoms with E-state index in [4.69, 9.17) is 13.3 Å². The van der Waals surface area contributed by atoms with Crippen LogP contribution in [0.15, 0.2) is 0 Å². The molecule has 0 atom stereocenters. The molecule has 0 aromatic carbocycles. The Morgan fingerprint density at radius 3 is 1.38 bits per heavy atom. The van der Waals surface area contributed by atoms with Crippen LogP contribution in [0.4, 0.5) is 0 Å². The van der Waals surface area contributed by atoms with E-state index in [0.717, 1.165) is 19.0 Å². The first kappa shape index (κ1) is 22.2. The highest BCUT2D eigenvalue weighted by molar-refractivity contribution is 6.60. The molecule has 2 fully saturated rings. The summed E-state index contributed by atoms with van der Waals surface area (Å²) in [7, 11) is 2.68. The second-order valence-corrected chi connectivity index (χ2v) is 10.4. The van der Waals surface area contributed by atoms with E-state index in [1.54, 1.807) is 21.3 Å². The fourth-order valence-electron chi connectivity index (χ4n) is 3.92. The Morgan fingerprint density at radius 2 is 1.00 bits per heavy atom. The van der Waals surface area contributed by atoms with Crippen molar-refractivity contribution in [1.29, 1.82) is 0 Å². The highest BCUT2D eigenvalue weighted by Crippen LogP contribution is 2.16. The van der Waals surface area contributed by atoms with Crippen molar-refractivity contribution in [3.63, 3.8) is 0 Å². The second-order valence-electron chi connectivity index (χ2n) is 7.36. The van der Waals surface area contributed by atoms with Gasteiger partial charge in [-0.15, -0.1) is 0 Å². The summed E-state index contributed by atoms with van der Waals surface area (Å²) in [6.45, 7) is 16.7. The molecule has 8 heteroatoms. The fourth-order valence-corrected chi connectivity index (χ4v) is 5.63. The smallest absolute Gasteiger partial charge is 0.377 e. The van der Waals surface area contributed by atoms with Crippen molar-refractivity contribution in [2.24, 2.45) is 0 Å². The van der Waals surface area contributed by atoms with Crippen LogP contribution in [0.2, 0.25) is 6.04 Å². The number of likely N-dealkylation sites (N-methyl/N-ethyl adjacent to an activating group) is 1. The molecule has 0 amide bonds. The van der Waals surface area contributed by atoms with E-state index in [2.05, 4.69) is 26.5 Å². The zero-order valence-electron chi connectivity index (χ0n) is 17.4. The van der Waals surface area contributed by atoms with Gasteiger partial charge in [-0.2, -0.15) is 0 Å². The molecular formula is C18H40N4O3Si. The van der Waals surface area contributed by atoms with Crippen LogP contribution in [0.25, 0.3) is 0 Å². The van der Waals surface area contributed by atoms with Gasteiger partial charge in [-0.25, -0.2) is 0 Å². The van der Waals surface area contributed by atoms with Gasteiger partial charge in [0.1, 0.15) is 0 Å². The SMILES string of the molecule is CCN1CCN(CCN2CCN(CCC[Si](OC)(OC)OC)CC2)CC1. The average molecular weight is 389 g/mol. The zero-order chi connectivity index (χ0) is 18.8. The predicted octanol–water partition coefficient (Wildman–Crippen LogP) is 0.510. The van der Waals surface area contributed by atoms with Gasteiger partial charge in [0, 0.05) is 92.8 Å². The molecule has 2 aliphatic heterocycles. The van der Waals surface area contributed by atoms with Gasteiger partial charge in [-0.1, -0.05) is 6.92 Å². The minimum atomic E-state index is -2.40. The van der Waals surface area contributed by atoms with Gasteiger partial charge in [-0.05, 0) is 19.5 Å². The second kappa shape index (κ2) is 11.7. The first-order valence-corrected chi connectivity index (χ1v) is 12.1. The number of rotatable bonds is 11. The van der Waals surface area contributed by atoms with Crippen LogP contribution in [0, 0.1) is 0 Å². The van der Waals surface area contributed by atoms with Gasteiger partial charge < -0.3 is 23.1 Å². The number of nitrogens with zero attached hydrogens (tertiary/aromatic N) is 4. The monoisotopic (exact) mass is 388 g/mol. The van der Waals surface area contributed by atoms with Gasteiger partial charge in [0.15, 0.2) is 0 Å². The van der Waals surface area contributed by atoms with Gasteiger partial charge in [0.05, 0.1) is 0 Å². The van der Waals surface area contributed by atoms with E-state index in [1.807, 2.05) is 0 Å². The molecule has 7 nitrogen and oxygen atoms in total. The average Bonchev–Trinajstić information content (AvgIpc) is 2.71. The minimum Gasteiger partial charge on any atom is -0.377 e. The van der Waals surface area contributed by atoms with Crippen LogP contribution in [0.1, 0.15) is 13.3 Å². The Labute approximate surface area is 161 Å². The molecule has 0 aromatic heterocycles. The van der Waals surface area contributed by atoms with Crippen LogP contribution >= 0.6 is 0 Å². The van der Waals surface area contributed by atoms with Crippen LogP contribution < -0.4 is 0 Å². The number of piperazine rings is 2.